The Labute approximate surface area is 189 Å². The molecular weight excluding hydrogens is 408 g/mol. The van der Waals surface area contributed by atoms with Crippen molar-refractivity contribution in [1.82, 2.24) is 18.9 Å². The Morgan fingerprint density at radius 3 is 2.56 bits per heavy atom. The highest BCUT2D eigenvalue weighted by atomic mass is 16.6. The van der Waals surface area contributed by atoms with Crippen LogP contribution in [0.2, 0.25) is 0 Å². The minimum absolute atomic E-state index is 0.0467. The molecule has 1 saturated heterocycles. The van der Waals surface area contributed by atoms with Crippen molar-refractivity contribution in [2.75, 3.05) is 26.2 Å². The quantitative estimate of drug-likeness (QED) is 0.729. The molecule has 3 heterocycles. The van der Waals surface area contributed by atoms with Crippen LogP contribution in [-0.4, -0.2) is 69.0 Å². The molecule has 8 heteroatoms. The van der Waals surface area contributed by atoms with Crippen molar-refractivity contribution in [2.45, 2.75) is 65.5 Å². The van der Waals surface area contributed by atoms with Crippen LogP contribution in [0.1, 0.15) is 41.0 Å². The van der Waals surface area contributed by atoms with Crippen LogP contribution < -0.4 is 5.69 Å². The second-order valence-electron chi connectivity index (χ2n) is 9.81. The van der Waals surface area contributed by atoms with Gasteiger partial charge in [-0.25, -0.2) is 9.59 Å². The number of nitrogens with zero attached hydrogens (tertiary/aromatic N) is 4. The fourth-order valence-corrected chi connectivity index (χ4v) is 4.33. The van der Waals surface area contributed by atoms with E-state index in [2.05, 4.69) is 18.7 Å². The van der Waals surface area contributed by atoms with Crippen molar-refractivity contribution in [3.63, 3.8) is 0 Å². The van der Waals surface area contributed by atoms with E-state index in [1.807, 2.05) is 55.7 Å². The van der Waals surface area contributed by atoms with Gasteiger partial charge < -0.3 is 14.4 Å². The molecule has 32 heavy (non-hydrogen) atoms. The van der Waals surface area contributed by atoms with E-state index in [0.717, 1.165) is 23.3 Å². The number of imidazole rings is 1. The van der Waals surface area contributed by atoms with Gasteiger partial charge in [0.15, 0.2) is 0 Å². The molecule has 2 aliphatic rings. The molecule has 1 amide bonds. The van der Waals surface area contributed by atoms with E-state index >= 15 is 0 Å². The average Bonchev–Trinajstić information content (AvgIpc) is 3.01. The Kier molecular flexibility index (Phi) is 6.18. The first-order chi connectivity index (χ1) is 15.1. The van der Waals surface area contributed by atoms with Crippen molar-refractivity contribution in [3.05, 3.63) is 40.8 Å². The maximum absolute atomic E-state index is 13.6. The number of morpholine rings is 1. The monoisotopic (exact) mass is 442 g/mol. The minimum Gasteiger partial charge on any atom is -0.444 e. The molecule has 8 nitrogen and oxygen atoms in total. The molecule has 1 fully saturated rings. The van der Waals surface area contributed by atoms with E-state index in [-0.39, 0.29) is 23.9 Å². The van der Waals surface area contributed by atoms with E-state index in [1.54, 1.807) is 9.47 Å². The van der Waals surface area contributed by atoms with Crippen molar-refractivity contribution >= 4 is 22.8 Å². The van der Waals surface area contributed by atoms with E-state index in [9.17, 15) is 9.59 Å². The first kappa shape index (κ1) is 22.6. The van der Waals surface area contributed by atoms with Gasteiger partial charge in [0.1, 0.15) is 5.60 Å². The summed E-state index contributed by atoms with van der Waals surface area (Å²) in [6.07, 6.45) is 2.39. The fourth-order valence-electron chi connectivity index (χ4n) is 4.33. The van der Waals surface area contributed by atoms with E-state index in [1.165, 1.54) is 0 Å². The molecule has 0 spiro atoms. The normalized spacial score (nSPS) is 22.8. The minimum atomic E-state index is -0.528. The number of hydrogen-bond donors (Lipinski definition) is 0. The lowest BCUT2D eigenvalue weighted by atomic mass is 10.2. The maximum atomic E-state index is 13.6. The highest BCUT2D eigenvalue weighted by molar-refractivity contribution is 5.80. The first-order valence-electron chi connectivity index (χ1n) is 11.4. The van der Waals surface area contributed by atoms with Crippen molar-refractivity contribution in [3.8, 4) is 0 Å². The third-order valence-electron chi connectivity index (χ3n) is 6.02. The van der Waals surface area contributed by atoms with Gasteiger partial charge in [0.2, 0.25) is 0 Å². The molecule has 2 aliphatic heterocycles. The van der Waals surface area contributed by atoms with Crippen molar-refractivity contribution in [1.29, 1.82) is 0 Å². The molecule has 0 radical (unpaired) electrons. The number of amides is 1. The van der Waals surface area contributed by atoms with Gasteiger partial charge in [0.25, 0.3) is 0 Å². The van der Waals surface area contributed by atoms with Crippen LogP contribution in [-0.2, 0) is 16.1 Å². The molecule has 2 atom stereocenters. The Morgan fingerprint density at radius 2 is 1.91 bits per heavy atom. The number of ether oxygens (including phenoxy) is 2. The van der Waals surface area contributed by atoms with Crippen LogP contribution in [0.25, 0.3) is 16.7 Å². The summed E-state index contributed by atoms with van der Waals surface area (Å²) in [7, 11) is 0. The highest BCUT2D eigenvalue weighted by Gasteiger charge is 2.28. The summed E-state index contributed by atoms with van der Waals surface area (Å²) in [6, 6.07) is 8.15. The van der Waals surface area contributed by atoms with Crippen LogP contribution in [0.3, 0.4) is 0 Å². The fraction of sp³-hybridized carbons (Fsp3) is 0.583. The molecule has 2 unspecified atom stereocenters. The SMILES string of the molecule is CC1CN(Cn2c(=O)n(C3=CCN(C(=O)OC(C)(C)C)CC3)c3ccccc32)C(C)CO1. The molecule has 0 saturated carbocycles. The predicted molar refractivity (Wildman–Crippen MR) is 124 cm³/mol. The highest BCUT2D eigenvalue weighted by Crippen LogP contribution is 2.23. The van der Waals surface area contributed by atoms with Gasteiger partial charge in [0, 0.05) is 37.8 Å². The molecular formula is C24H34N4O4. The van der Waals surface area contributed by atoms with Gasteiger partial charge in [0.05, 0.1) is 30.4 Å². The topological polar surface area (TPSA) is 68.9 Å². The summed E-state index contributed by atoms with van der Waals surface area (Å²) in [5.74, 6) is 0. The van der Waals surface area contributed by atoms with Gasteiger partial charge in [-0.2, -0.15) is 0 Å². The number of fused-ring (bicyclic) bond motifs is 1. The largest absolute Gasteiger partial charge is 0.444 e. The zero-order chi connectivity index (χ0) is 23.0. The standard InChI is InChI=1S/C24H34N4O4/c1-17-15-31-18(2)14-26(17)16-27-20-8-6-7-9-21(20)28(22(27)29)19-10-12-25(13-11-19)23(30)32-24(3,4)5/h6-10,17-18H,11-16H2,1-5H3. The van der Waals surface area contributed by atoms with E-state index in [4.69, 9.17) is 9.47 Å². The number of benzene rings is 1. The van der Waals surface area contributed by atoms with Crippen LogP contribution >= 0.6 is 0 Å². The second-order valence-corrected chi connectivity index (χ2v) is 9.81. The summed E-state index contributed by atoms with van der Waals surface area (Å²) in [5.41, 5.74) is 2.16. The lowest BCUT2D eigenvalue weighted by Crippen LogP contribution is -2.49. The van der Waals surface area contributed by atoms with E-state index in [0.29, 0.717) is 32.8 Å². The zero-order valence-corrected chi connectivity index (χ0v) is 19.7. The number of carbonyl (C=O) groups is 1. The van der Waals surface area contributed by atoms with Crippen LogP contribution in [0.15, 0.2) is 35.1 Å². The Balaban J connectivity index is 1.62. The molecule has 0 bridgehead atoms. The maximum Gasteiger partial charge on any atom is 0.410 e. The summed E-state index contributed by atoms with van der Waals surface area (Å²) >= 11 is 0. The molecule has 2 aromatic rings. The lowest BCUT2D eigenvalue weighted by molar-refractivity contribution is -0.0607. The van der Waals surface area contributed by atoms with Crippen LogP contribution in [0, 0.1) is 0 Å². The number of hydrogen-bond acceptors (Lipinski definition) is 5. The molecule has 0 N–H and O–H groups in total. The third kappa shape index (κ3) is 4.61. The molecule has 1 aromatic carbocycles. The summed E-state index contributed by atoms with van der Waals surface area (Å²) in [5, 5.41) is 0. The summed E-state index contributed by atoms with van der Waals surface area (Å²) in [6.45, 7) is 12.7. The van der Waals surface area contributed by atoms with Crippen molar-refractivity contribution in [2.24, 2.45) is 0 Å². The number of rotatable bonds is 3. The molecule has 174 valence electrons. The van der Waals surface area contributed by atoms with Crippen LogP contribution in [0.5, 0.6) is 0 Å². The lowest BCUT2D eigenvalue weighted by Gasteiger charge is -2.36. The van der Waals surface area contributed by atoms with Gasteiger partial charge in [-0.05, 0) is 52.8 Å². The molecule has 0 aliphatic carbocycles. The van der Waals surface area contributed by atoms with Gasteiger partial charge >= 0.3 is 11.8 Å². The predicted octanol–water partition coefficient (Wildman–Crippen LogP) is 3.35. The third-order valence-corrected chi connectivity index (χ3v) is 6.02. The van der Waals surface area contributed by atoms with Gasteiger partial charge in [-0.3, -0.25) is 14.0 Å². The molecule has 1 aromatic heterocycles. The van der Waals surface area contributed by atoms with Crippen LogP contribution in [0.4, 0.5) is 4.79 Å². The summed E-state index contributed by atoms with van der Waals surface area (Å²) in [4.78, 5) is 30.0. The van der Waals surface area contributed by atoms with E-state index < -0.39 is 5.60 Å². The summed E-state index contributed by atoms with van der Waals surface area (Å²) < 4.78 is 14.9. The zero-order valence-electron chi connectivity index (χ0n) is 19.7. The number of aromatic nitrogens is 2. The Bertz CT molecular complexity index is 1080. The smallest absolute Gasteiger partial charge is 0.410 e. The Hall–Kier alpha value is -2.58. The number of carbonyl (C=O) groups excluding carboxylic acids is 1. The first-order valence-corrected chi connectivity index (χ1v) is 11.4. The number of para-hydroxylation sites is 2. The second kappa shape index (κ2) is 8.75. The van der Waals surface area contributed by atoms with Gasteiger partial charge in [-0.1, -0.05) is 12.1 Å². The molecule has 4 rings (SSSR count). The average molecular weight is 443 g/mol. The van der Waals surface area contributed by atoms with Crippen molar-refractivity contribution < 1.29 is 14.3 Å². The Morgan fingerprint density at radius 1 is 1.19 bits per heavy atom. The van der Waals surface area contributed by atoms with Gasteiger partial charge in [-0.15, -0.1) is 0 Å².